The first-order valence-electron chi connectivity index (χ1n) is 7.72. The first kappa shape index (κ1) is 15.8. The second kappa shape index (κ2) is 7.41. The smallest absolute Gasteiger partial charge is 0.317 e. The van der Waals surface area contributed by atoms with Crippen LogP contribution in [0.2, 0.25) is 0 Å². The molecular weight excluding hydrogens is 276 g/mol. The molecule has 2 N–H and O–H groups in total. The van der Waals surface area contributed by atoms with Gasteiger partial charge >= 0.3 is 6.03 Å². The second-order valence-electron chi connectivity index (χ2n) is 5.72. The van der Waals surface area contributed by atoms with Gasteiger partial charge < -0.3 is 15.3 Å². The molecule has 1 saturated heterocycles. The monoisotopic (exact) mass is 302 g/mol. The Balaban J connectivity index is 1.96. The largest absolute Gasteiger partial charge is 0.394 e. The normalized spacial score (nSPS) is 32.1. The van der Waals surface area contributed by atoms with E-state index < -0.39 is 10.8 Å². The Morgan fingerprint density at radius 3 is 2.75 bits per heavy atom. The number of amides is 2. The molecule has 1 heterocycles. The second-order valence-corrected chi connectivity index (χ2v) is 7.66. The standard InChI is InChI=1S/C14H26N2O3S/c1-2-20(19)13-8-4-3-7-12(13)15-14(18)16-9-5-6-11(16)10-17/h11-13,17H,2-10H2,1H3,(H,15,18)/t11-,12+,13+,20-/m0/s1. The maximum Gasteiger partial charge on any atom is 0.317 e. The molecule has 20 heavy (non-hydrogen) atoms. The minimum absolute atomic E-state index is 0.0250. The van der Waals surface area contributed by atoms with Crippen LogP contribution in [-0.2, 0) is 10.8 Å². The van der Waals surface area contributed by atoms with Gasteiger partial charge in [-0.05, 0) is 25.7 Å². The van der Waals surface area contributed by atoms with Crippen molar-refractivity contribution >= 4 is 16.8 Å². The summed E-state index contributed by atoms with van der Waals surface area (Å²) in [4.78, 5) is 14.1. The number of hydrogen-bond donors (Lipinski definition) is 2. The minimum atomic E-state index is -0.855. The molecule has 0 aromatic heterocycles. The number of aliphatic hydroxyl groups excluding tert-OH is 1. The number of nitrogens with one attached hydrogen (secondary N) is 1. The van der Waals surface area contributed by atoms with Gasteiger partial charge in [-0.1, -0.05) is 19.8 Å². The van der Waals surface area contributed by atoms with Gasteiger partial charge in [0.2, 0.25) is 0 Å². The first-order chi connectivity index (χ1) is 9.67. The van der Waals surface area contributed by atoms with Crippen molar-refractivity contribution in [2.45, 2.75) is 62.8 Å². The predicted molar refractivity (Wildman–Crippen MR) is 80.1 cm³/mol. The molecule has 2 rings (SSSR count). The van der Waals surface area contributed by atoms with Crippen molar-refractivity contribution in [3.8, 4) is 0 Å². The molecule has 6 heteroatoms. The summed E-state index contributed by atoms with van der Waals surface area (Å²) in [6, 6.07) is -0.114. The van der Waals surface area contributed by atoms with Crippen molar-refractivity contribution in [1.29, 1.82) is 0 Å². The first-order valence-corrected chi connectivity index (χ1v) is 9.10. The average molecular weight is 302 g/mol. The SMILES string of the molecule is CC[S@](=O)[C@@H]1CCCC[C@H]1NC(=O)N1CCC[C@H]1CO. The number of carbonyl (C=O) groups is 1. The molecule has 0 aromatic carbocycles. The topological polar surface area (TPSA) is 69.6 Å². The van der Waals surface area contributed by atoms with E-state index in [1.54, 1.807) is 4.90 Å². The fourth-order valence-electron chi connectivity index (χ4n) is 3.33. The quantitative estimate of drug-likeness (QED) is 0.821. The highest BCUT2D eigenvalue weighted by molar-refractivity contribution is 7.85. The van der Waals surface area contributed by atoms with Crippen molar-refractivity contribution in [3.05, 3.63) is 0 Å². The van der Waals surface area contributed by atoms with Crippen LogP contribution < -0.4 is 5.32 Å². The van der Waals surface area contributed by atoms with Crippen LogP contribution in [0.1, 0.15) is 45.4 Å². The summed E-state index contributed by atoms with van der Waals surface area (Å²) >= 11 is 0. The molecule has 116 valence electrons. The number of hydrogen-bond acceptors (Lipinski definition) is 3. The summed E-state index contributed by atoms with van der Waals surface area (Å²) in [7, 11) is -0.855. The van der Waals surface area contributed by atoms with Crippen LogP contribution in [0.25, 0.3) is 0 Å². The molecule has 0 bridgehead atoms. The Kier molecular flexibility index (Phi) is 5.84. The number of carbonyl (C=O) groups excluding carboxylic acids is 1. The van der Waals surface area contributed by atoms with Gasteiger partial charge in [0.25, 0.3) is 0 Å². The van der Waals surface area contributed by atoms with Crippen molar-refractivity contribution in [3.63, 3.8) is 0 Å². The van der Waals surface area contributed by atoms with Crippen molar-refractivity contribution < 1.29 is 14.1 Å². The maximum absolute atomic E-state index is 12.3. The molecule has 0 unspecified atom stereocenters. The van der Waals surface area contributed by atoms with Crippen LogP contribution in [0, 0.1) is 0 Å². The zero-order valence-corrected chi connectivity index (χ0v) is 13.0. The lowest BCUT2D eigenvalue weighted by Gasteiger charge is -2.33. The van der Waals surface area contributed by atoms with Gasteiger partial charge in [0, 0.05) is 29.1 Å². The van der Waals surface area contributed by atoms with E-state index in [1.807, 2.05) is 6.92 Å². The Bertz CT molecular complexity index is 364. The van der Waals surface area contributed by atoms with E-state index in [-0.39, 0.29) is 30.0 Å². The summed E-state index contributed by atoms with van der Waals surface area (Å²) in [5.74, 6) is 0.653. The lowest BCUT2D eigenvalue weighted by molar-refractivity contribution is 0.153. The van der Waals surface area contributed by atoms with Gasteiger partial charge in [0.15, 0.2) is 0 Å². The van der Waals surface area contributed by atoms with E-state index in [9.17, 15) is 14.1 Å². The van der Waals surface area contributed by atoms with Gasteiger partial charge in [0.05, 0.1) is 17.9 Å². The van der Waals surface area contributed by atoms with Crippen LogP contribution in [0.15, 0.2) is 0 Å². The van der Waals surface area contributed by atoms with Crippen molar-refractivity contribution in [2.75, 3.05) is 18.9 Å². The number of rotatable bonds is 4. The summed E-state index contributed by atoms with van der Waals surface area (Å²) in [6.07, 6.45) is 5.87. The number of urea groups is 1. The van der Waals surface area contributed by atoms with Gasteiger partial charge in [-0.3, -0.25) is 4.21 Å². The lowest BCUT2D eigenvalue weighted by atomic mass is 9.95. The van der Waals surface area contributed by atoms with Crippen LogP contribution in [-0.4, -0.2) is 56.5 Å². The van der Waals surface area contributed by atoms with Crippen LogP contribution in [0.4, 0.5) is 4.79 Å². The van der Waals surface area contributed by atoms with Crippen LogP contribution in [0.5, 0.6) is 0 Å². The minimum Gasteiger partial charge on any atom is -0.394 e. The molecule has 1 saturated carbocycles. The number of likely N-dealkylation sites (tertiary alicyclic amines) is 1. The van der Waals surface area contributed by atoms with Gasteiger partial charge in [-0.2, -0.15) is 0 Å². The molecule has 1 aliphatic carbocycles. The lowest BCUT2D eigenvalue weighted by Crippen LogP contribution is -2.53. The fourth-order valence-corrected chi connectivity index (χ4v) is 4.75. The Hall–Kier alpha value is -0.620. The third kappa shape index (κ3) is 3.52. The third-order valence-electron chi connectivity index (χ3n) is 4.48. The number of aliphatic hydroxyl groups is 1. The molecule has 2 fully saturated rings. The van der Waals surface area contributed by atoms with Crippen molar-refractivity contribution in [2.24, 2.45) is 0 Å². The Morgan fingerprint density at radius 1 is 1.30 bits per heavy atom. The van der Waals surface area contributed by atoms with E-state index in [0.717, 1.165) is 38.5 Å². The van der Waals surface area contributed by atoms with E-state index in [0.29, 0.717) is 12.3 Å². The highest BCUT2D eigenvalue weighted by Crippen LogP contribution is 2.24. The molecule has 2 aliphatic rings. The van der Waals surface area contributed by atoms with Crippen molar-refractivity contribution in [1.82, 2.24) is 10.2 Å². The summed E-state index contributed by atoms with van der Waals surface area (Å²) in [5.41, 5.74) is 0. The average Bonchev–Trinajstić information content (AvgIpc) is 2.95. The molecule has 0 spiro atoms. The molecular formula is C14H26N2O3S. The van der Waals surface area contributed by atoms with Gasteiger partial charge in [-0.15, -0.1) is 0 Å². The molecule has 1 aliphatic heterocycles. The summed E-state index contributed by atoms with van der Waals surface area (Å²) in [5, 5.41) is 12.5. The molecule has 4 atom stereocenters. The Labute approximate surface area is 123 Å². The molecule has 2 amide bonds. The Morgan fingerprint density at radius 2 is 2.05 bits per heavy atom. The predicted octanol–water partition coefficient (Wildman–Crippen LogP) is 1.23. The molecule has 0 radical (unpaired) electrons. The van der Waals surface area contributed by atoms with Crippen LogP contribution >= 0.6 is 0 Å². The summed E-state index contributed by atoms with van der Waals surface area (Å²) in [6.45, 7) is 2.68. The highest BCUT2D eigenvalue weighted by atomic mass is 32.2. The van der Waals surface area contributed by atoms with E-state index in [4.69, 9.17) is 0 Å². The van der Waals surface area contributed by atoms with Crippen LogP contribution in [0.3, 0.4) is 0 Å². The van der Waals surface area contributed by atoms with E-state index in [1.165, 1.54) is 0 Å². The third-order valence-corrected chi connectivity index (χ3v) is 6.29. The van der Waals surface area contributed by atoms with Gasteiger partial charge in [0.1, 0.15) is 0 Å². The summed E-state index contributed by atoms with van der Waals surface area (Å²) < 4.78 is 12.1. The van der Waals surface area contributed by atoms with Gasteiger partial charge in [-0.25, -0.2) is 4.79 Å². The highest BCUT2D eigenvalue weighted by Gasteiger charge is 2.34. The zero-order chi connectivity index (χ0) is 14.5. The zero-order valence-electron chi connectivity index (χ0n) is 12.2. The maximum atomic E-state index is 12.3. The van der Waals surface area contributed by atoms with E-state index >= 15 is 0 Å². The fraction of sp³-hybridized carbons (Fsp3) is 0.929. The van der Waals surface area contributed by atoms with E-state index in [2.05, 4.69) is 5.32 Å². The molecule has 0 aromatic rings. The molecule has 5 nitrogen and oxygen atoms in total. The number of nitrogens with zero attached hydrogens (tertiary/aromatic N) is 1.